The number of benzene rings is 1. The highest BCUT2D eigenvalue weighted by Crippen LogP contribution is 2.28. The summed E-state index contributed by atoms with van der Waals surface area (Å²) in [6, 6.07) is 8.23. The molecule has 0 amide bonds. The Labute approximate surface area is 155 Å². The van der Waals surface area contributed by atoms with Gasteiger partial charge in [-0.05, 0) is 38.1 Å². The summed E-state index contributed by atoms with van der Waals surface area (Å²) in [5.41, 5.74) is 0.888. The summed E-state index contributed by atoms with van der Waals surface area (Å²) < 4.78 is 26.6. The molecule has 0 spiro atoms. The first-order valence-electron chi connectivity index (χ1n) is 8.13. The van der Waals surface area contributed by atoms with Crippen molar-refractivity contribution in [3.63, 3.8) is 0 Å². The molecule has 0 saturated heterocycles. The van der Waals surface area contributed by atoms with E-state index in [4.69, 9.17) is 11.6 Å². The van der Waals surface area contributed by atoms with Crippen LogP contribution < -0.4 is 5.32 Å². The van der Waals surface area contributed by atoms with E-state index in [-0.39, 0.29) is 16.9 Å². The highest BCUT2D eigenvalue weighted by molar-refractivity contribution is 7.92. The normalized spacial score (nSPS) is 13.1. The molecule has 0 unspecified atom stereocenters. The lowest BCUT2D eigenvalue weighted by molar-refractivity contribution is 0.550. The Balaban J connectivity index is 2.21. The third kappa shape index (κ3) is 4.18. The molecule has 0 atom stereocenters. The second kappa shape index (κ2) is 6.65. The number of hydrogen-bond donors (Lipinski definition) is 1. The SMILES string of the molecule is Cn1nc(C(C)(C)C)cc1NCC(C)(C)S(=O)(=O)c1ccc(Cl)cc1. The zero-order valence-electron chi connectivity index (χ0n) is 15.6. The summed E-state index contributed by atoms with van der Waals surface area (Å²) >= 11 is 5.86. The van der Waals surface area contributed by atoms with Crippen LogP contribution in [0.25, 0.3) is 0 Å². The molecule has 5 nitrogen and oxygen atoms in total. The lowest BCUT2D eigenvalue weighted by Gasteiger charge is -2.25. The summed E-state index contributed by atoms with van der Waals surface area (Å²) in [5, 5.41) is 8.24. The van der Waals surface area contributed by atoms with Crippen molar-refractivity contribution in [2.75, 3.05) is 11.9 Å². The zero-order valence-corrected chi connectivity index (χ0v) is 17.2. The van der Waals surface area contributed by atoms with Gasteiger partial charge in [-0.15, -0.1) is 0 Å². The van der Waals surface area contributed by atoms with Crippen LogP contribution in [0.3, 0.4) is 0 Å². The minimum absolute atomic E-state index is 0.0669. The molecule has 0 saturated carbocycles. The van der Waals surface area contributed by atoms with Crippen LogP contribution in [0.2, 0.25) is 5.02 Å². The van der Waals surface area contributed by atoms with E-state index in [0.717, 1.165) is 11.5 Å². The molecule has 0 aliphatic heterocycles. The minimum Gasteiger partial charge on any atom is -0.369 e. The van der Waals surface area contributed by atoms with Gasteiger partial charge in [0.25, 0.3) is 0 Å². The van der Waals surface area contributed by atoms with Gasteiger partial charge in [-0.1, -0.05) is 32.4 Å². The van der Waals surface area contributed by atoms with E-state index >= 15 is 0 Å². The summed E-state index contributed by atoms with van der Waals surface area (Å²) in [7, 11) is -1.67. The Bertz CT molecular complexity index is 847. The molecule has 2 rings (SSSR count). The molecule has 0 radical (unpaired) electrons. The lowest BCUT2D eigenvalue weighted by atomic mass is 9.92. The second-order valence-electron chi connectivity index (χ2n) is 7.86. The number of rotatable bonds is 5. The maximum Gasteiger partial charge on any atom is 0.185 e. The van der Waals surface area contributed by atoms with Crippen molar-refractivity contribution in [1.82, 2.24) is 9.78 Å². The van der Waals surface area contributed by atoms with Crippen molar-refractivity contribution in [2.24, 2.45) is 7.05 Å². The van der Waals surface area contributed by atoms with E-state index in [1.807, 2.05) is 13.1 Å². The topological polar surface area (TPSA) is 64.0 Å². The molecule has 25 heavy (non-hydrogen) atoms. The van der Waals surface area contributed by atoms with Gasteiger partial charge in [0, 0.05) is 30.1 Å². The van der Waals surface area contributed by atoms with Crippen LogP contribution in [0.4, 0.5) is 5.82 Å². The highest BCUT2D eigenvalue weighted by atomic mass is 35.5. The average molecular weight is 384 g/mol. The van der Waals surface area contributed by atoms with Crippen LogP contribution in [-0.2, 0) is 22.3 Å². The number of nitrogens with one attached hydrogen (secondary N) is 1. The molecule has 1 aromatic heterocycles. The van der Waals surface area contributed by atoms with E-state index < -0.39 is 14.6 Å². The van der Waals surface area contributed by atoms with Crippen LogP contribution in [-0.4, -0.2) is 29.5 Å². The Kier molecular flexibility index (Phi) is 5.26. The van der Waals surface area contributed by atoms with Crippen LogP contribution in [0.15, 0.2) is 35.2 Å². The van der Waals surface area contributed by atoms with E-state index in [1.54, 1.807) is 42.8 Å². The van der Waals surface area contributed by atoms with E-state index in [9.17, 15) is 8.42 Å². The fourth-order valence-electron chi connectivity index (χ4n) is 2.33. The number of halogens is 1. The third-order valence-electron chi connectivity index (χ3n) is 4.19. The van der Waals surface area contributed by atoms with Crippen molar-refractivity contribution in [1.29, 1.82) is 0 Å². The molecule has 0 aliphatic rings. The van der Waals surface area contributed by atoms with Crippen LogP contribution in [0.5, 0.6) is 0 Å². The molecule has 2 aromatic rings. The molecule has 138 valence electrons. The second-order valence-corrected chi connectivity index (χ2v) is 10.9. The van der Waals surface area contributed by atoms with Gasteiger partial charge in [0.1, 0.15) is 5.82 Å². The fraction of sp³-hybridized carbons (Fsp3) is 0.500. The van der Waals surface area contributed by atoms with Crippen molar-refractivity contribution < 1.29 is 8.42 Å². The summed E-state index contributed by atoms with van der Waals surface area (Å²) in [6.45, 7) is 9.97. The fourth-order valence-corrected chi connectivity index (χ4v) is 3.85. The molecule has 0 fully saturated rings. The van der Waals surface area contributed by atoms with Gasteiger partial charge >= 0.3 is 0 Å². The first kappa shape index (κ1) is 19.8. The number of nitrogens with zero attached hydrogens (tertiary/aromatic N) is 2. The summed E-state index contributed by atoms with van der Waals surface area (Å²) in [6.07, 6.45) is 0. The molecule has 1 heterocycles. The van der Waals surface area contributed by atoms with Gasteiger partial charge in [-0.25, -0.2) is 8.42 Å². The maximum absolute atomic E-state index is 12.9. The molecule has 1 aromatic carbocycles. The Morgan fingerprint density at radius 2 is 1.68 bits per heavy atom. The smallest absolute Gasteiger partial charge is 0.185 e. The zero-order chi connectivity index (χ0) is 19.0. The van der Waals surface area contributed by atoms with Gasteiger partial charge in [-0.2, -0.15) is 5.10 Å². The largest absolute Gasteiger partial charge is 0.369 e. The van der Waals surface area contributed by atoms with E-state index in [0.29, 0.717) is 5.02 Å². The predicted molar refractivity (Wildman–Crippen MR) is 103 cm³/mol. The van der Waals surface area contributed by atoms with E-state index in [1.165, 1.54) is 0 Å². The van der Waals surface area contributed by atoms with Crippen molar-refractivity contribution in [3.05, 3.63) is 41.0 Å². The molecular weight excluding hydrogens is 358 g/mol. The number of aryl methyl sites for hydroxylation is 1. The van der Waals surface area contributed by atoms with Gasteiger partial charge in [0.15, 0.2) is 9.84 Å². The van der Waals surface area contributed by atoms with Crippen LogP contribution >= 0.6 is 11.6 Å². The van der Waals surface area contributed by atoms with Gasteiger partial charge in [0.05, 0.1) is 15.3 Å². The number of aromatic nitrogens is 2. The Hall–Kier alpha value is -1.53. The van der Waals surface area contributed by atoms with E-state index in [2.05, 4.69) is 31.2 Å². The molecule has 7 heteroatoms. The number of anilines is 1. The van der Waals surface area contributed by atoms with Crippen LogP contribution in [0, 0.1) is 0 Å². The molecule has 1 N–H and O–H groups in total. The highest BCUT2D eigenvalue weighted by Gasteiger charge is 2.36. The maximum atomic E-state index is 12.9. The van der Waals surface area contributed by atoms with Crippen molar-refractivity contribution in [3.8, 4) is 0 Å². The Morgan fingerprint density at radius 3 is 2.16 bits per heavy atom. The monoisotopic (exact) mass is 383 g/mol. The van der Waals surface area contributed by atoms with Crippen molar-refractivity contribution >= 4 is 27.3 Å². The first-order chi connectivity index (χ1) is 11.3. The number of sulfone groups is 1. The summed E-state index contributed by atoms with van der Waals surface area (Å²) in [4.78, 5) is 0.268. The lowest BCUT2D eigenvalue weighted by Crippen LogP contribution is -2.39. The Morgan fingerprint density at radius 1 is 1.12 bits per heavy atom. The number of hydrogen-bond acceptors (Lipinski definition) is 4. The van der Waals surface area contributed by atoms with Gasteiger partial charge < -0.3 is 5.32 Å². The molecule has 0 bridgehead atoms. The van der Waals surface area contributed by atoms with Crippen LogP contribution in [0.1, 0.15) is 40.3 Å². The molecular formula is C18H26ClN3O2S. The standard InChI is InChI=1S/C18H26ClN3O2S/c1-17(2,3)15-11-16(22(6)21-15)20-12-18(4,5)25(23,24)14-9-7-13(19)8-10-14/h7-11,20H,12H2,1-6H3. The molecule has 0 aliphatic carbocycles. The minimum atomic E-state index is -3.51. The average Bonchev–Trinajstić information content (AvgIpc) is 2.87. The third-order valence-corrected chi connectivity index (χ3v) is 6.94. The summed E-state index contributed by atoms with van der Waals surface area (Å²) in [5.74, 6) is 0.796. The van der Waals surface area contributed by atoms with Gasteiger partial charge in [0.2, 0.25) is 0 Å². The predicted octanol–water partition coefficient (Wildman–Crippen LogP) is 4.04. The quantitative estimate of drug-likeness (QED) is 0.846. The first-order valence-corrected chi connectivity index (χ1v) is 9.99. The van der Waals surface area contributed by atoms with Crippen molar-refractivity contribution in [2.45, 2.75) is 49.7 Å². The van der Waals surface area contributed by atoms with Gasteiger partial charge in [-0.3, -0.25) is 4.68 Å².